The Morgan fingerprint density at radius 1 is 1.75 bits per heavy atom. The molecule has 1 rings (SSSR count). The van der Waals surface area contributed by atoms with Gasteiger partial charge in [0.25, 0.3) is 0 Å². The number of H-pyrrole nitrogens is 1. The number of nitrogens with two attached hydrogens (primary N) is 1. The highest BCUT2D eigenvalue weighted by Crippen LogP contribution is 1.76. The van der Waals surface area contributed by atoms with Crippen molar-refractivity contribution in [2.45, 2.75) is 13.8 Å². The number of nitrogens with one attached hydrogen (secondary N) is 1. The number of anilines is 1. The summed E-state index contributed by atoms with van der Waals surface area (Å²) < 4.78 is 0. The Morgan fingerprint density at radius 3 is 2.50 bits per heavy atom. The summed E-state index contributed by atoms with van der Waals surface area (Å²) in [5.41, 5.74) is 5.05. The maximum absolute atomic E-state index is 5.05. The van der Waals surface area contributed by atoms with Crippen molar-refractivity contribution < 1.29 is 1.43 Å². The van der Waals surface area contributed by atoms with Crippen LogP contribution in [-0.2, 0) is 0 Å². The molecule has 0 fully saturated rings. The average molecular weight is 116 g/mol. The van der Waals surface area contributed by atoms with Crippen LogP contribution in [0.1, 0.15) is 15.3 Å². The van der Waals surface area contributed by atoms with Gasteiger partial charge in [0.15, 0.2) is 0 Å². The first-order chi connectivity index (χ1) is 3.89. The molecule has 0 amide bonds. The zero-order chi connectivity index (χ0) is 6.41. The maximum Gasteiger partial charge on any atom is 0.215 e. The zero-order valence-corrected chi connectivity index (χ0v) is 5.05. The van der Waals surface area contributed by atoms with Gasteiger partial charge in [0, 0.05) is 1.43 Å². The van der Waals surface area contributed by atoms with E-state index in [-0.39, 0.29) is 1.43 Å². The topological polar surface area (TPSA) is 67.6 Å². The van der Waals surface area contributed by atoms with Crippen molar-refractivity contribution in [2.24, 2.45) is 0 Å². The molecule has 1 heterocycles. The molecule has 1 aromatic heterocycles. The molecular weight excluding hydrogens is 104 g/mol. The van der Waals surface area contributed by atoms with E-state index in [9.17, 15) is 0 Å². The first-order valence-electron chi connectivity index (χ1n) is 2.50. The third-order valence-electron chi connectivity index (χ3n) is 0.434. The minimum Gasteiger partial charge on any atom is -0.368 e. The Balaban J connectivity index is 0. The minimum absolute atomic E-state index is 0. The Labute approximate surface area is 49.6 Å². The van der Waals surface area contributed by atoms with Crippen LogP contribution in [0.5, 0.6) is 0 Å². The lowest BCUT2D eigenvalue weighted by molar-refractivity contribution is 1.10. The van der Waals surface area contributed by atoms with Crippen LogP contribution < -0.4 is 5.73 Å². The summed E-state index contributed by atoms with van der Waals surface area (Å²) in [6, 6.07) is 0. The van der Waals surface area contributed by atoms with Gasteiger partial charge < -0.3 is 5.73 Å². The lowest BCUT2D eigenvalue weighted by Gasteiger charge is -1.68. The molecule has 4 nitrogen and oxygen atoms in total. The quantitative estimate of drug-likeness (QED) is 0.523. The van der Waals surface area contributed by atoms with Crippen LogP contribution in [0, 0.1) is 0 Å². The van der Waals surface area contributed by atoms with Gasteiger partial charge in [-0.05, 0) is 0 Å². The Hall–Kier alpha value is -1.06. The van der Waals surface area contributed by atoms with E-state index < -0.39 is 0 Å². The Morgan fingerprint density at radius 2 is 2.38 bits per heavy atom. The smallest absolute Gasteiger partial charge is 0.215 e. The Bertz CT molecular complexity index is 116. The highest BCUT2D eigenvalue weighted by atomic mass is 15.2. The number of rotatable bonds is 0. The van der Waals surface area contributed by atoms with Crippen LogP contribution in [-0.4, -0.2) is 15.2 Å². The molecule has 0 aliphatic heterocycles. The molecule has 0 spiro atoms. The van der Waals surface area contributed by atoms with Crippen LogP contribution in [0.2, 0.25) is 0 Å². The van der Waals surface area contributed by atoms with Crippen LogP contribution in [0.3, 0.4) is 0 Å². The summed E-state index contributed by atoms with van der Waals surface area (Å²) in [4.78, 5) is 3.53. The number of hydrogen-bond donors (Lipinski definition) is 2. The summed E-state index contributed by atoms with van der Waals surface area (Å²) in [6.45, 7) is 4.00. The van der Waals surface area contributed by atoms with E-state index in [0.29, 0.717) is 5.95 Å². The molecule has 0 aliphatic rings. The van der Waals surface area contributed by atoms with Gasteiger partial charge in [0.05, 0.1) is 0 Å². The van der Waals surface area contributed by atoms with E-state index in [0.717, 1.165) is 0 Å². The summed E-state index contributed by atoms with van der Waals surface area (Å²) in [5, 5.41) is 5.88. The van der Waals surface area contributed by atoms with Crippen molar-refractivity contribution in [3.8, 4) is 0 Å². The van der Waals surface area contributed by atoms with Gasteiger partial charge in [-0.15, -0.1) is 0 Å². The van der Waals surface area contributed by atoms with Gasteiger partial charge in [0.2, 0.25) is 5.95 Å². The summed E-state index contributed by atoms with van der Waals surface area (Å²) >= 11 is 0. The second-order valence-corrected chi connectivity index (χ2v) is 0.871. The van der Waals surface area contributed by atoms with E-state index >= 15 is 0 Å². The Kier molecular flexibility index (Phi) is 3.56. The maximum atomic E-state index is 5.05. The van der Waals surface area contributed by atoms with E-state index in [4.69, 9.17) is 5.73 Å². The molecule has 0 saturated carbocycles. The summed E-state index contributed by atoms with van der Waals surface area (Å²) in [6.07, 6.45) is 1.36. The van der Waals surface area contributed by atoms with Crippen molar-refractivity contribution in [2.75, 3.05) is 5.73 Å². The van der Waals surface area contributed by atoms with Crippen molar-refractivity contribution in [1.29, 1.82) is 0 Å². The largest absolute Gasteiger partial charge is 0.368 e. The van der Waals surface area contributed by atoms with E-state index in [1.165, 1.54) is 6.33 Å². The number of nitrogens with zero attached hydrogens (tertiary/aromatic N) is 2. The predicted molar refractivity (Wildman–Crippen MR) is 34.3 cm³/mol. The van der Waals surface area contributed by atoms with Gasteiger partial charge in [-0.1, -0.05) is 13.8 Å². The SMILES string of the molecule is CC.Nc1ncn[nH]1.[HH]. The fourth-order valence-electron chi connectivity index (χ4n) is 0.215. The van der Waals surface area contributed by atoms with Crippen molar-refractivity contribution in [3.63, 3.8) is 0 Å². The van der Waals surface area contributed by atoms with E-state index in [2.05, 4.69) is 15.2 Å². The zero-order valence-electron chi connectivity index (χ0n) is 5.05. The fraction of sp³-hybridized carbons (Fsp3) is 0.500. The van der Waals surface area contributed by atoms with Crippen molar-refractivity contribution >= 4 is 5.95 Å². The summed E-state index contributed by atoms with van der Waals surface area (Å²) in [7, 11) is 0. The molecule has 0 saturated heterocycles. The first kappa shape index (κ1) is 6.94. The molecule has 0 bridgehead atoms. The van der Waals surface area contributed by atoms with E-state index in [1.807, 2.05) is 13.8 Å². The molecule has 0 aromatic carbocycles. The number of aromatic nitrogens is 3. The average Bonchev–Trinajstić information content (AvgIpc) is 2.24. The fourth-order valence-corrected chi connectivity index (χ4v) is 0.215. The standard InChI is InChI=1S/C2H4N4.C2H6.H2/c3-2-4-1-5-6-2;1-2;/h1H,(H3,3,4,5,6);1-2H3;1H. The van der Waals surface area contributed by atoms with Crippen molar-refractivity contribution in [1.82, 2.24) is 15.2 Å². The molecule has 48 valence electrons. The highest BCUT2D eigenvalue weighted by Gasteiger charge is 1.75. The molecule has 3 N–H and O–H groups in total. The monoisotopic (exact) mass is 116 g/mol. The second-order valence-electron chi connectivity index (χ2n) is 0.871. The van der Waals surface area contributed by atoms with Crippen molar-refractivity contribution in [3.05, 3.63) is 6.33 Å². The normalized spacial score (nSPS) is 7.25. The lowest BCUT2D eigenvalue weighted by atomic mass is 11.0. The number of nitrogen functional groups attached to an aromatic ring is 1. The third kappa shape index (κ3) is 2.17. The minimum atomic E-state index is 0. The second kappa shape index (κ2) is 4.11. The molecule has 0 radical (unpaired) electrons. The molecule has 1 aromatic rings. The first-order valence-corrected chi connectivity index (χ1v) is 2.50. The van der Waals surface area contributed by atoms with Gasteiger partial charge in [-0.25, -0.2) is 10.1 Å². The van der Waals surface area contributed by atoms with Crippen LogP contribution in [0.25, 0.3) is 0 Å². The molecule has 0 aliphatic carbocycles. The van der Waals surface area contributed by atoms with Crippen LogP contribution in [0.15, 0.2) is 6.33 Å². The molecular formula is C4H12N4. The van der Waals surface area contributed by atoms with Gasteiger partial charge >= 0.3 is 0 Å². The van der Waals surface area contributed by atoms with E-state index in [1.54, 1.807) is 0 Å². The predicted octanol–water partition coefficient (Wildman–Crippen LogP) is 0.659. The molecule has 0 unspecified atom stereocenters. The highest BCUT2D eigenvalue weighted by molar-refractivity contribution is 5.07. The molecule has 0 atom stereocenters. The van der Waals surface area contributed by atoms with Crippen LogP contribution in [0.4, 0.5) is 5.95 Å². The summed E-state index contributed by atoms with van der Waals surface area (Å²) in [5.74, 6) is 0.356. The van der Waals surface area contributed by atoms with Gasteiger partial charge in [-0.2, -0.15) is 5.10 Å². The number of aromatic amines is 1. The number of hydrogen-bond acceptors (Lipinski definition) is 3. The van der Waals surface area contributed by atoms with Gasteiger partial charge in [-0.3, -0.25) is 0 Å². The molecule has 8 heavy (non-hydrogen) atoms. The lowest BCUT2D eigenvalue weighted by Crippen LogP contribution is -1.84. The third-order valence-corrected chi connectivity index (χ3v) is 0.434. The molecule has 4 heteroatoms. The van der Waals surface area contributed by atoms with Crippen LogP contribution >= 0.6 is 0 Å². The van der Waals surface area contributed by atoms with Gasteiger partial charge in [0.1, 0.15) is 6.33 Å².